The topological polar surface area (TPSA) is 63.0 Å². The van der Waals surface area contributed by atoms with E-state index in [0.717, 1.165) is 18.5 Å². The monoisotopic (exact) mass is 430 g/mol. The van der Waals surface area contributed by atoms with Crippen LogP contribution in [0.1, 0.15) is 35.4 Å². The van der Waals surface area contributed by atoms with Crippen LogP contribution in [0, 0.1) is 12.3 Å². The highest BCUT2D eigenvalue weighted by atomic mass is 35.5. The van der Waals surface area contributed by atoms with Crippen LogP contribution >= 0.6 is 11.6 Å². The number of amides is 1. The molecule has 2 fully saturated rings. The minimum absolute atomic E-state index is 0.0657. The average molecular weight is 431 g/mol. The smallest absolute Gasteiger partial charge is 0.312 e. The molecule has 1 aromatic carbocycles. The number of aryl methyl sites for hydroxylation is 1. The number of ether oxygens (including phenoxy) is 1. The summed E-state index contributed by atoms with van der Waals surface area (Å²) in [5, 5.41) is 0.581. The van der Waals surface area contributed by atoms with Gasteiger partial charge in [0.1, 0.15) is 17.6 Å². The summed E-state index contributed by atoms with van der Waals surface area (Å²) in [6, 6.07) is 9.17. The highest BCUT2D eigenvalue weighted by molar-refractivity contribution is 6.33. The highest BCUT2D eigenvalue weighted by Crippen LogP contribution is 2.43. The third kappa shape index (κ3) is 3.86. The van der Waals surface area contributed by atoms with Crippen LogP contribution in [-0.4, -0.2) is 61.5 Å². The van der Waals surface area contributed by atoms with Crippen LogP contribution in [-0.2, 0) is 9.53 Å². The number of hydrogen-bond acceptors (Lipinski definition) is 5. The van der Waals surface area contributed by atoms with Gasteiger partial charge < -0.3 is 19.0 Å². The normalized spacial score (nSPS) is 20.8. The van der Waals surface area contributed by atoms with Crippen LogP contribution < -0.4 is 0 Å². The minimum Gasteiger partial charge on any atom is -0.461 e. The Morgan fingerprint density at radius 2 is 1.97 bits per heavy atom. The zero-order valence-electron chi connectivity index (χ0n) is 17.6. The summed E-state index contributed by atoms with van der Waals surface area (Å²) >= 11 is 6.27. The predicted molar refractivity (Wildman–Crippen MR) is 115 cm³/mol. The van der Waals surface area contributed by atoms with Crippen molar-refractivity contribution in [1.82, 2.24) is 9.80 Å². The lowest BCUT2D eigenvalue weighted by Crippen LogP contribution is -2.45. The van der Waals surface area contributed by atoms with Crippen molar-refractivity contribution in [3.8, 4) is 11.3 Å². The maximum Gasteiger partial charge on any atom is 0.312 e. The van der Waals surface area contributed by atoms with Crippen molar-refractivity contribution in [2.45, 2.75) is 32.3 Å². The summed E-state index contributed by atoms with van der Waals surface area (Å²) in [5.74, 6) is 0.977. The molecule has 2 aromatic rings. The van der Waals surface area contributed by atoms with E-state index in [1.807, 2.05) is 42.1 Å². The van der Waals surface area contributed by atoms with Gasteiger partial charge in [0.05, 0.1) is 16.0 Å². The number of likely N-dealkylation sites (N-methyl/N-ethyl adjacent to an activating group) is 1. The Morgan fingerprint density at radius 3 is 2.63 bits per heavy atom. The van der Waals surface area contributed by atoms with Gasteiger partial charge in [0.15, 0.2) is 0 Å². The van der Waals surface area contributed by atoms with Crippen LogP contribution in [0.3, 0.4) is 0 Å². The van der Waals surface area contributed by atoms with Gasteiger partial charge in [-0.2, -0.15) is 0 Å². The first kappa shape index (κ1) is 20.9. The number of furan rings is 1. The first-order valence-electron chi connectivity index (χ1n) is 10.3. The number of likely N-dealkylation sites (tertiary alicyclic amines) is 1. The maximum atomic E-state index is 13.2. The van der Waals surface area contributed by atoms with Crippen molar-refractivity contribution in [3.63, 3.8) is 0 Å². The SMILES string of the molecule is Cc1oc(-c2ccccc2Cl)cc1C(=O)N1CCC2(CC1)CC(CN(C)C)OC2=O. The van der Waals surface area contributed by atoms with Crippen LogP contribution in [0.5, 0.6) is 0 Å². The molecule has 3 heterocycles. The fraction of sp³-hybridized carbons (Fsp3) is 0.478. The Balaban J connectivity index is 1.45. The summed E-state index contributed by atoms with van der Waals surface area (Å²) in [5.41, 5.74) is 0.853. The van der Waals surface area contributed by atoms with E-state index in [0.29, 0.717) is 48.0 Å². The zero-order valence-corrected chi connectivity index (χ0v) is 18.4. The average Bonchev–Trinajstić information content (AvgIpc) is 3.22. The fourth-order valence-electron chi connectivity index (χ4n) is 4.55. The lowest BCUT2D eigenvalue weighted by Gasteiger charge is -2.36. The van der Waals surface area contributed by atoms with Crippen molar-refractivity contribution in [2.75, 3.05) is 33.7 Å². The molecule has 30 heavy (non-hydrogen) atoms. The molecule has 0 N–H and O–H groups in total. The molecule has 0 saturated carbocycles. The second-order valence-corrected chi connectivity index (χ2v) is 9.03. The number of halogens is 1. The second-order valence-electron chi connectivity index (χ2n) is 8.63. The Hall–Kier alpha value is -2.31. The first-order chi connectivity index (χ1) is 14.3. The van der Waals surface area contributed by atoms with E-state index in [1.165, 1.54) is 0 Å². The molecule has 6 nitrogen and oxygen atoms in total. The molecule has 160 valence electrons. The molecule has 2 aliphatic heterocycles. The first-order valence-corrected chi connectivity index (χ1v) is 10.7. The van der Waals surface area contributed by atoms with Crippen LogP contribution in [0.2, 0.25) is 5.02 Å². The zero-order chi connectivity index (χ0) is 21.5. The van der Waals surface area contributed by atoms with Gasteiger partial charge in [-0.1, -0.05) is 23.7 Å². The molecule has 2 aliphatic rings. The van der Waals surface area contributed by atoms with E-state index in [1.54, 1.807) is 19.1 Å². The van der Waals surface area contributed by atoms with Gasteiger partial charge >= 0.3 is 5.97 Å². The summed E-state index contributed by atoms with van der Waals surface area (Å²) in [6.45, 7) is 3.59. The van der Waals surface area contributed by atoms with Crippen molar-refractivity contribution < 1.29 is 18.7 Å². The number of nitrogens with zero attached hydrogens (tertiary/aromatic N) is 2. The molecule has 1 amide bonds. The number of hydrogen-bond donors (Lipinski definition) is 0. The Bertz CT molecular complexity index is 960. The number of cyclic esters (lactones) is 1. The van der Waals surface area contributed by atoms with E-state index in [4.69, 9.17) is 20.8 Å². The number of piperidine rings is 1. The van der Waals surface area contributed by atoms with Crippen molar-refractivity contribution in [3.05, 3.63) is 46.7 Å². The summed E-state index contributed by atoms with van der Waals surface area (Å²) in [6.07, 6.45) is 1.93. The molecule has 0 aliphatic carbocycles. The maximum absolute atomic E-state index is 13.2. The number of carbonyl (C=O) groups is 2. The largest absolute Gasteiger partial charge is 0.461 e. The van der Waals surface area contributed by atoms with Gasteiger partial charge in [-0.25, -0.2) is 0 Å². The van der Waals surface area contributed by atoms with Crippen molar-refractivity contribution in [2.24, 2.45) is 5.41 Å². The van der Waals surface area contributed by atoms with E-state index in [2.05, 4.69) is 0 Å². The molecule has 1 unspecified atom stereocenters. The quantitative estimate of drug-likeness (QED) is 0.686. The molecule has 1 aromatic heterocycles. The standard InChI is InChI=1S/C23H27ClN2O4/c1-15-18(12-20(29-15)17-6-4-5-7-19(17)24)21(27)26-10-8-23(9-11-26)13-16(14-25(2)3)30-22(23)28/h4-7,12,16H,8-11,13-14H2,1-3H3. The molecular weight excluding hydrogens is 404 g/mol. The van der Waals surface area contributed by atoms with Crippen molar-refractivity contribution in [1.29, 1.82) is 0 Å². The predicted octanol–water partition coefficient (Wildman–Crippen LogP) is 4.01. The molecule has 1 atom stereocenters. The Morgan fingerprint density at radius 1 is 1.27 bits per heavy atom. The molecule has 1 spiro atoms. The lowest BCUT2D eigenvalue weighted by atomic mass is 9.76. The summed E-state index contributed by atoms with van der Waals surface area (Å²) in [7, 11) is 3.95. The van der Waals surface area contributed by atoms with E-state index < -0.39 is 5.41 Å². The number of carbonyl (C=O) groups excluding carboxylic acids is 2. The second kappa shape index (κ2) is 8.08. The van der Waals surface area contributed by atoms with Gasteiger partial charge in [0, 0.05) is 31.6 Å². The summed E-state index contributed by atoms with van der Waals surface area (Å²) in [4.78, 5) is 29.6. The van der Waals surface area contributed by atoms with Crippen LogP contribution in [0.25, 0.3) is 11.3 Å². The minimum atomic E-state index is -0.453. The molecular formula is C23H27ClN2O4. The highest BCUT2D eigenvalue weighted by Gasteiger charge is 2.51. The molecule has 7 heteroatoms. The van der Waals surface area contributed by atoms with Crippen LogP contribution in [0.4, 0.5) is 0 Å². The van der Waals surface area contributed by atoms with Gasteiger partial charge in [0.2, 0.25) is 0 Å². The summed E-state index contributed by atoms with van der Waals surface area (Å²) < 4.78 is 11.5. The lowest BCUT2D eigenvalue weighted by molar-refractivity contribution is -0.150. The van der Waals surface area contributed by atoms with Crippen LogP contribution in [0.15, 0.2) is 34.7 Å². The third-order valence-electron chi connectivity index (χ3n) is 6.19. The van der Waals surface area contributed by atoms with E-state index in [9.17, 15) is 9.59 Å². The van der Waals surface area contributed by atoms with E-state index in [-0.39, 0.29) is 18.0 Å². The molecule has 2 saturated heterocycles. The van der Waals surface area contributed by atoms with Gasteiger partial charge in [-0.05, 0) is 52.1 Å². The third-order valence-corrected chi connectivity index (χ3v) is 6.52. The van der Waals surface area contributed by atoms with E-state index >= 15 is 0 Å². The van der Waals surface area contributed by atoms with Gasteiger partial charge in [-0.3, -0.25) is 9.59 Å². The molecule has 0 radical (unpaired) electrons. The Kier molecular flexibility index (Phi) is 5.64. The number of esters is 1. The van der Waals surface area contributed by atoms with Crippen molar-refractivity contribution >= 4 is 23.5 Å². The van der Waals surface area contributed by atoms with Gasteiger partial charge in [0.25, 0.3) is 5.91 Å². The molecule has 0 bridgehead atoms. The number of rotatable bonds is 4. The number of benzene rings is 1. The fourth-order valence-corrected chi connectivity index (χ4v) is 4.78. The molecule has 4 rings (SSSR count). The Labute approximate surface area is 181 Å². The van der Waals surface area contributed by atoms with Gasteiger partial charge in [-0.15, -0.1) is 0 Å².